The Kier molecular flexibility index (Phi) is 17.2. The summed E-state index contributed by atoms with van der Waals surface area (Å²) >= 11 is 0. The van der Waals surface area contributed by atoms with Gasteiger partial charge in [0.05, 0.1) is 6.54 Å². The van der Waals surface area contributed by atoms with E-state index in [0.717, 1.165) is 4.90 Å². The van der Waals surface area contributed by atoms with Gasteiger partial charge in [-0.05, 0) is 68.1 Å². The number of benzene rings is 1. The Hall–Kier alpha value is -6.07. The van der Waals surface area contributed by atoms with Gasteiger partial charge < -0.3 is 45.4 Å². The zero-order chi connectivity index (χ0) is 46.9. The van der Waals surface area contributed by atoms with E-state index in [1.165, 1.54) is 61.1 Å². The summed E-state index contributed by atoms with van der Waals surface area (Å²) in [4.78, 5) is 123. The second kappa shape index (κ2) is 21.8. The highest BCUT2D eigenvalue weighted by Crippen LogP contribution is 2.27. The first-order chi connectivity index (χ1) is 29.7. The minimum Gasteiger partial charge on any atom is -0.505 e. The number of pyridine rings is 1. The molecule has 2 aliphatic heterocycles. The highest BCUT2D eigenvalue weighted by Gasteiger charge is 2.43. The predicted octanol–water partition coefficient (Wildman–Crippen LogP) is 2.02. The number of fused-ring (bicyclic) bond motifs is 1. The molecule has 2 saturated heterocycles. The summed E-state index contributed by atoms with van der Waals surface area (Å²) < 4.78 is 5.96. The van der Waals surface area contributed by atoms with Crippen LogP contribution in [0.1, 0.15) is 96.2 Å². The van der Waals surface area contributed by atoms with Crippen LogP contribution in [0.5, 0.6) is 5.75 Å². The third-order valence-corrected chi connectivity index (χ3v) is 12.0. The number of carbonyl (C=O) groups is 8. The normalized spacial score (nSPS) is 25.8. The van der Waals surface area contributed by atoms with Crippen LogP contribution in [0.15, 0.2) is 48.7 Å². The molecule has 0 bridgehead atoms. The minimum atomic E-state index is -1.69. The van der Waals surface area contributed by atoms with Crippen LogP contribution in [0.4, 0.5) is 0 Å². The quantitative estimate of drug-likeness (QED) is 0.281. The maximum Gasteiger partial charge on any atom is 0.333 e. The van der Waals surface area contributed by atoms with Crippen LogP contribution in [0.2, 0.25) is 0 Å². The van der Waals surface area contributed by atoms with Crippen molar-refractivity contribution in [1.82, 2.24) is 40.5 Å². The monoisotopic (exact) mass is 876 g/mol. The van der Waals surface area contributed by atoms with Crippen molar-refractivity contribution in [3.8, 4) is 5.75 Å². The molecule has 4 rings (SSSR count). The number of amides is 7. The van der Waals surface area contributed by atoms with E-state index in [1.807, 2.05) is 34.6 Å². The number of esters is 1. The molecular formula is C45H64N8O10. The Bertz CT molecular complexity index is 2000. The Morgan fingerprint density at radius 1 is 0.873 bits per heavy atom. The third kappa shape index (κ3) is 11.9. The van der Waals surface area contributed by atoms with Crippen molar-refractivity contribution < 1.29 is 48.2 Å². The highest BCUT2D eigenvalue weighted by molar-refractivity contribution is 6.00. The summed E-state index contributed by atoms with van der Waals surface area (Å²) in [5.41, 5.74) is -0.0862. The van der Waals surface area contributed by atoms with Crippen molar-refractivity contribution in [3.63, 3.8) is 0 Å². The summed E-state index contributed by atoms with van der Waals surface area (Å²) in [7, 11) is 4.29. The lowest BCUT2D eigenvalue weighted by atomic mass is 9.88. The van der Waals surface area contributed by atoms with Gasteiger partial charge in [-0.1, -0.05) is 71.9 Å². The molecule has 0 radical (unpaired) electrons. The summed E-state index contributed by atoms with van der Waals surface area (Å²) in [6.45, 7) is 12.1. The lowest BCUT2D eigenvalue weighted by Gasteiger charge is -2.37. The van der Waals surface area contributed by atoms with Crippen LogP contribution >= 0.6 is 0 Å². The van der Waals surface area contributed by atoms with E-state index in [4.69, 9.17) is 4.74 Å². The van der Waals surface area contributed by atoms with Gasteiger partial charge in [0.1, 0.15) is 42.1 Å². The molecule has 2 aromatic rings. The summed E-state index contributed by atoms with van der Waals surface area (Å²) in [5.74, 6) is -6.94. The second-order valence-corrected chi connectivity index (χ2v) is 17.3. The number of rotatable bonds is 8. The summed E-state index contributed by atoms with van der Waals surface area (Å²) in [6, 6.07) is 3.37. The van der Waals surface area contributed by atoms with Crippen LogP contribution in [0.25, 0.3) is 0 Å². The van der Waals surface area contributed by atoms with Crippen molar-refractivity contribution in [2.45, 2.75) is 117 Å². The van der Waals surface area contributed by atoms with Crippen molar-refractivity contribution >= 4 is 47.3 Å². The highest BCUT2D eigenvalue weighted by atomic mass is 16.5. The molecule has 344 valence electrons. The van der Waals surface area contributed by atoms with Crippen molar-refractivity contribution in [2.24, 2.45) is 17.8 Å². The van der Waals surface area contributed by atoms with E-state index < -0.39 is 114 Å². The summed E-state index contributed by atoms with van der Waals surface area (Å²) in [6.07, 6.45) is 0.782. The zero-order valence-electron chi connectivity index (χ0n) is 38.0. The molecule has 2 fully saturated rings. The van der Waals surface area contributed by atoms with Gasteiger partial charge in [-0.2, -0.15) is 0 Å². The van der Waals surface area contributed by atoms with Gasteiger partial charge in [-0.15, -0.1) is 0 Å². The number of carbonyl (C=O) groups excluding carboxylic acids is 8. The Morgan fingerprint density at radius 3 is 2.13 bits per heavy atom. The molecule has 1 aromatic heterocycles. The number of aromatic nitrogens is 1. The van der Waals surface area contributed by atoms with Crippen molar-refractivity contribution in [3.05, 3.63) is 59.9 Å². The second-order valence-electron chi connectivity index (χ2n) is 17.3. The predicted molar refractivity (Wildman–Crippen MR) is 231 cm³/mol. The zero-order valence-corrected chi connectivity index (χ0v) is 38.0. The summed E-state index contributed by atoms with van der Waals surface area (Å²) in [5, 5.41) is 18.5. The topological polar surface area (TPSA) is 228 Å². The molecule has 2 aliphatic rings. The van der Waals surface area contributed by atoms with Gasteiger partial charge >= 0.3 is 5.97 Å². The number of likely N-dealkylation sites (N-methyl/N-ethyl adjacent to an activating group) is 3. The van der Waals surface area contributed by atoms with Crippen LogP contribution < -0.4 is 16.0 Å². The molecule has 4 N–H and O–H groups in total. The third-order valence-electron chi connectivity index (χ3n) is 12.0. The average Bonchev–Trinajstić information content (AvgIpc) is 3.73. The van der Waals surface area contributed by atoms with E-state index in [2.05, 4.69) is 20.9 Å². The number of hydrogen-bond acceptors (Lipinski definition) is 11. The standard InChI is InChI=1S/C45H64N8O10/c1-11-30-42(59)52(10)38(29-17-13-12-14-18-29)45(62)63-28(7)35(49-40(57)36-33(54)20-15-21-46-36)39(56)48-31(23-25(2)3)43(60)53-22-16-19-32(53)44(61)50(8)24-34(55)51(9)37(41(58)47-30)27(6)26(4)5/h12-15,17-18,20-21,25-28,30-32,35,37-38,54H,11,16,19,22-24H2,1-10H3,(H,47,58)(H,48,56)(H,49,57)/t27-,28+,30-,31-,32+,35-,37+,38-/m0/s1. The smallest absolute Gasteiger partial charge is 0.333 e. The number of hydrogen-bond donors (Lipinski definition) is 4. The Morgan fingerprint density at radius 2 is 1.52 bits per heavy atom. The first-order valence-corrected chi connectivity index (χ1v) is 21.6. The number of nitrogens with one attached hydrogen (secondary N) is 3. The molecule has 3 heterocycles. The van der Waals surface area contributed by atoms with Crippen molar-refractivity contribution in [2.75, 3.05) is 34.2 Å². The lowest BCUT2D eigenvalue weighted by Crippen LogP contribution is -2.60. The van der Waals surface area contributed by atoms with Crippen molar-refractivity contribution in [1.29, 1.82) is 0 Å². The van der Waals surface area contributed by atoms with Gasteiger partial charge in [0.25, 0.3) is 5.91 Å². The van der Waals surface area contributed by atoms with Gasteiger partial charge in [-0.3, -0.25) is 33.6 Å². The average molecular weight is 877 g/mol. The van der Waals surface area contributed by atoms with E-state index in [1.54, 1.807) is 37.3 Å². The van der Waals surface area contributed by atoms with Gasteiger partial charge in [-0.25, -0.2) is 9.78 Å². The Labute approximate surface area is 369 Å². The number of cyclic esters (lactones) is 1. The SMILES string of the molecule is CC[C@@H]1NC(=O)[C@@H]([C@@H](C)C(C)C)N(C)C(=O)CN(C)C(=O)[C@H]2CCCN2C(=O)[C@H](CC(C)C)NC(=O)[C@@H](NC(=O)c2ncccc2O)[C@@H](C)OC(=O)[C@H](c2ccccc2)N(C)C1=O. The molecule has 8 atom stereocenters. The molecule has 0 saturated carbocycles. The van der Waals surface area contributed by atoms with Gasteiger partial charge in [0.2, 0.25) is 35.4 Å². The fraction of sp³-hybridized carbons (Fsp3) is 0.578. The largest absolute Gasteiger partial charge is 0.505 e. The molecule has 0 unspecified atom stereocenters. The van der Waals surface area contributed by atoms with Crippen LogP contribution in [0, 0.1) is 17.8 Å². The lowest BCUT2D eigenvalue weighted by molar-refractivity contribution is -0.161. The fourth-order valence-corrected chi connectivity index (χ4v) is 7.99. The van der Waals surface area contributed by atoms with E-state index in [9.17, 15) is 43.5 Å². The van der Waals surface area contributed by atoms with Gasteiger partial charge in [0, 0.05) is 33.9 Å². The minimum absolute atomic E-state index is 0.0906. The molecule has 0 spiro atoms. The van der Waals surface area contributed by atoms with Crippen LogP contribution in [0.3, 0.4) is 0 Å². The maximum absolute atomic E-state index is 14.5. The van der Waals surface area contributed by atoms with E-state index in [0.29, 0.717) is 18.4 Å². The molecular weight excluding hydrogens is 813 g/mol. The molecule has 18 heteroatoms. The van der Waals surface area contributed by atoms with Gasteiger partial charge in [0.15, 0.2) is 11.7 Å². The molecule has 18 nitrogen and oxygen atoms in total. The first kappa shape index (κ1) is 49.6. The number of ether oxygens (including phenoxy) is 1. The number of aromatic hydroxyl groups is 1. The Balaban J connectivity index is 1.86. The maximum atomic E-state index is 14.5. The molecule has 7 amide bonds. The molecule has 63 heavy (non-hydrogen) atoms. The first-order valence-electron chi connectivity index (χ1n) is 21.6. The molecule has 0 aliphatic carbocycles. The fourth-order valence-electron chi connectivity index (χ4n) is 7.99. The van der Waals surface area contributed by atoms with E-state index >= 15 is 0 Å². The van der Waals surface area contributed by atoms with Crippen LogP contribution in [-0.4, -0.2) is 148 Å². The number of nitrogens with zero attached hydrogens (tertiary/aromatic N) is 5. The van der Waals surface area contributed by atoms with E-state index in [-0.39, 0.29) is 31.2 Å². The van der Waals surface area contributed by atoms with Crippen LogP contribution in [-0.2, 0) is 38.3 Å². The molecule has 1 aromatic carbocycles.